The van der Waals surface area contributed by atoms with Crippen LogP contribution in [0.1, 0.15) is 82.9 Å². The summed E-state index contributed by atoms with van der Waals surface area (Å²) in [6.07, 6.45) is 12.1. The summed E-state index contributed by atoms with van der Waals surface area (Å²) >= 11 is 0. The minimum absolute atomic E-state index is 0.0810. The van der Waals surface area contributed by atoms with Crippen LogP contribution >= 0.6 is 0 Å². The van der Waals surface area contributed by atoms with E-state index >= 15 is 0 Å². The molecule has 60 heavy (non-hydrogen) atoms. The Kier molecular flexibility index (Phi) is 22.5. The first-order chi connectivity index (χ1) is 28.7. The minimum atomic E-state index is -1.54. The lowest BCUT2D eigenvalue weighted by molar-refractivity contribution is -0.159. The third-order valence-electron chi connectivity index (χ3n) is 9.21. The molecule has 13 heteroatoms. The van der Waals surface area contributed by atoms with Gasteiger partial charge in [0, 0.05) is 35.5 Å². The van der Waals surface area contributed by atoms with Crippen molar-refractivity contribution in [2.45, 2.75) is 85.5 Å². The van der Waals surface area contributed by atoms with Gasteiger partial charge in [-0.2, -0.15) is 0 Å². The van der Waals surface area contributed by atoms with E-state index in [1.807, 2.05) is 12.1 Å². The van der Waals surface area contributed by atoms with E-state index in [0.29, 0.717) is 18.6 Å². The standard InChI is InChI=1S/C47H60O13/c1-9-11-12-13-14-16-35-18-20-39(36(10-2)27-35)37-19-21-40(38(28-37)17-15-26-56-45(52)33(3)4)57-29-47(32-60-46(53)34(5)6,30-58-43(50)24-22-41(48)54-7)31-59-44(51)25-23-42(49)55-8/h18-25,27-28H,3,5,9-17,26,29-32H2,1-2,4,6-8H3/b24-22+,25-23+. The highest BCUT2D eigenvalue weighted by molar-refractivity contribution is 5.92. The smallest absolute Gasteiger partial charge is 0.333 e. The zero-order valence-electron chi connectivity index (χ0n) is 35.9. The number of esters is 6. The number of carbonyl (C=O) groups excluding carboxylic acids is 6. The Hall–Kier alpha value is -5.98. The van der Waals surface area contributed by atoms with Crippen LogP contribution in [0.5, 0.6) is 5.75 Å². The largest absolute Gasteiger partial charge is 0.492 e. The van der Waals surface area contributed by atoms with Crippen LogP contribution in [0.25, 0.3) is 11.1 Å². The van der Waals surface area contributed by atoms with Gasteiger partial charge in [-0.15, -0.1) is 0 Å². The maximum absolute atomic E-state index is 12.7. The van der Waals surface area contributed by atoms with Crippen LogP contribution in [0.3, 0.4) is 0 Å². The first kappa shape index (κ1) is 50.2. The molecule has 0 spiro atoms. The number of rotatable bonds is 27. The molecule has 0 N–H and O–H groups in total. The zero-order chi connectivity index (χ0) is 44.5. The van der Waals surface area contributed by atoms with Crippen molar-refractivity contribution < 1.29 is 61.9 Å². The lowest BCUT2D eigenvalue weighted by Gasteiger charge is -2.32. The Morgan fingerprint density at radius 2 is 1.17 bits per heavy atom. The molecule has 2 aromatic carbocycles. The van der Waals surface area contributed by atoms with Gasteiger partial charge in [-0.05, 0) is 85.9 Å². The summed E-state index contributed by atoms with van der Waals surface area (Å²) in [5.74, 6) is -4.35. The summed E-state index contributed by atoms with van der Waals surface area (Å²) in [5, 5.41) is 0. The summed E-state index contributed by atoms with van der Waals surface area (Å²) < 4.78 is 37.3. The van der Waals surface area contributed by atoms with Crippen LogP contribution in [-0.2, 0) is 76.5 Å². The summed E-state index contributed by atoms with van der Waals surface area (Å²) in [4.78, 5) is 73.4. The van der Waals surface area contributed by atoms with Gasteiger partial charge in [-0.1, -0.05) is 77.0 Å². The molecule has 0 aliphatic rings. The van der Waals surface area contributed by atoms with E-state index in [0.717, 1.165) is 74.5 Å². The second-order valence-electron chi connectivity index (χ2n) is 14.4. The van der Waals surface area contributed by atoms with Crippen molar-refractivity contribution in [1.29, 1.82) is 0 Å². The van der Waals surface area contributed by atoms with Gasteiger partial charge >= 0.3 is 35.8 Å². The maximum Gasteiger partial charge on any atom is 0.333 e. The molecule has 0 aromatic heterocycles. The molecule has 0 saturated carbocycles. The lowest BCUT2D eigenvalue weighted by atomic mass is 9.91. The number of benzene rings is 2. The predicted octanol–water partition coefficient (Wildman–Crippen LogP) is 7.51. The van der Waals surface area contributed by atoms with E-state index < -0.39 is 61.1 Å². The monoisotopic (exact) mass is 832 g/mol. The highest BCUT2D eigenvalue weighted by Gasteiger charge is 2.37. The average molecular weight is 833 g/mol. The highest BCUT2D eigenvalue weighted by Crippen LogP contribution is 2.33. The molecule has 0 fully saturated rings. The summed E-state index contributed by atoms with van der Waals surface area (Å²) in [7, 11) is 2.29. The van der Waals surface area contributed by atoms with Crippen molar-refractivity contribution in [3.05, 3.63) is 102 Å². The SMILES string of the molecule is C=C(C)C(=O)OCCCc1cc(-c2ccc(CCCCCCC)cc2CC)ccc1OCC(COC(=O)/C=C/C(=O)OC)(COC(=O)/C=C/C(=O)OC)COC(=O)C(=C)C. The molecule has 0 aliphatic carbocycles. The molecule has 0 amide bonds. The van der Waals surface area contributed by atoms with Crippen LogP contribution < -0.4 is 4.74 Å². The zero-order valence-corrected chi connectivity index (χ0v) is 35.9. The first-order valence-corrected chi connectivity index (χ1v) is 20.1. The molecular weight excluding hydrogens is 773 g/mol. The third kappa shape index (κ3) is 18.3. The quantitative estimate of drug-likeness (QED) is 0.0376. The molecule has 13 nitrogen and oxygen atoms in total. The molecule has 2 aromatic rings. The maximum atomic E-state index is 12.7. The Morgan fingerprint density at radius 1 is 0.600 bits per heavy atom. The molecule has 0 bridgehead atoms. The van der Waals surface area contributed by atoms with Gasteiger partial charge in [-0.3, -0.25) is 0 Å². The molecule has 0 unspecified atom stereocenters. The number of hydrogen-bond donors (Lipinski definition) is 0. The van der Waals surface area contributed by atoms with Gasteiger partial charge in [0.05, 0.1) is 20.8 Å². The topological polar surface area (TPSA) is 167 Å². The number of aryl methyl sites for hydroxylation is 3. The van der Waals surface area contributed by atoms with E-state index in [9.17, 15) is 28.8 Å². The Labute approximate surface area is 353 Å². The van der Waals surface area contributed by atoms with Gasteiger partial charge in [-0.25, -0.2) is 28.8 Å². The Balaban J connectivity index is 2.58. The van der Waals surface area contributed by atoms with Gasteiger partial charge in [0.15, 0.2) is 0 Å². The number of methoxy groups -OCH3 is 2. The van der Waals surface area contributed by atoms with Crippen molar-refractivity contribution in [2.75, 3.05) is 47.3 Å². The summed E-state index contributed by atoms with van der Waals surface area (Å²) in [5.41, 5.74) is 4.07. The fourth-order valence-electron chi connectivity index (χ4n) is 5.72. The van der Waals surface area contributed by atoms with Crippen LogP contribution in [0, 0.1) is 5.41 Å². The van der Waals surface area contributed by atoms with Crippen LogP contribution in [-0.4, -0.2) is 83.1 Å². The first-order valence-electron chi connectivity index (χ1n) is 20.1. The Morgan fingerprint density at radius 3 is 1.73 bits per heavy atom. The number of ether oxygens (including phenoxy) is 7. The third-order valence-corrected chi connectivity index (χ3v) is 9.21. The van der Waals surface area contributed by atoms with Gasteiger partial charge in [0.1, 0.15) is 37.6 Å². The van der Waals surface area contributed by atoms with Crippen LogP contribution in [0.15, 0.2) is 85.0 Å². The second-order valence-corrected chi connectivity index (χ2v) is 14.4. The number of hydrogen-bond acceptors (Lipinski definition) is 13. The van der Waals surface area contributed by atoms with Gasteiger partial charge in [0.25, 0.3) is 0 Å². The van der Waals surface area contributed by atoms with E-state index in [1.165, 1.54) is 43.7 Å². The highest BCUT2D eigenvalue weighted by atomic mass is 16.6. The van der Waals surface area contributed by atoms with Crippen LogP contribution in [0.4, 0.5) is 0 Å². The van der Waals surface area contributed by atoms with Crippen molar-refractivity contribution in [3.63, 3.8) is 0 Å². The normalized spacial score (nSPS) is 11.2. The predicted molar refractivity (Wildman–Crippen MR) is 226 cm³/mol. The van der Waals surface area contributed by atoms with E-state index in [2.05, 4.69) is 54.7 Å². The van der Waals surface area contributed by atoms with Crippen molar-refractivity contribution in [3.8, 4) is 16.9 Å². The van der Waals surface area contributed by atoms with E-state index in [1.54, 1.807) is 13.0 Å². The van der Waals surface area contributed by atoms with Crippen molar-refractivity contribution in [2.24, 2.45) is 5.41 Å². The molecule has 0 heterocycles. The summed E-state index contributed by atoms with van der Waals surface area (Å²) in [6.45, 7) is 12.9. The summed E-state index contributed by atoms with van der Waals surface area (Å²) in [6, 6.07) is 12.3. The molecule has 0 aliphatic heterocycles. The molecular formula is C47H60O13. The average Bonchev–Trinajstić information content (AvgIpc) is 3.25. The molecule has 0 saturated heterocycles. The molecule has 0 radical (unpaired) electrons. The molecule has 2 rings (SSSR count). The number of carbonyl (C=O) groups is 6. The van der Waals surface area contributed by atoms with Crippen LogP contribution in [0.2, 0.25) is 0 Å². The minimum Gasteiger partial charge on any atom is -0.492 e. The van der Waals surface area contributed by atoms with E-state index in [4.69, 9.17) is 23.7 Å². The van der Waals surface area contributed by atoms with Gasteiger partial charge < -0.3 is 33.2 Å². The van der Waals surface area contributed by atoms with Crippen molar-refractivity contribution in [1.82, 2.24) is 0 Å². The van der Waals surface area contributed by atoms with Crippen molar-refractivity contribution >= 4 is 35.8 Å². The van der Waals surface area contributed by atoms with E-state index in [-0.39, 0.29) is 24.4 Å². The Bertz CT molecular complexity index is 1830. The molecule has 326 valence electrons. The molecule has 0 atom stereocenters. The number of unbranched alkanes of at least 4 members (excludes halogenated alkanes) is 4. The fraction of sp³-hybridized carbons (Fsp3) is 0.447. The fourth-order valence-corrected chi connectivity index (χ4v) is 5.72. The van der Waals surface area contributed by atoms with Gasteiger partial charge in [0.2, 0.25) is 0 Å². The second kappa shape index (κ2) is 26.9. The lowest BCUT2D eigenvalue weighted by Crippen LogP contribution is -2.44.